The highest BCUT2D eigenvalue weighted by molar-refractivity contribution is 5.93. The molecule has 1 fully saturated rings. The van der Waals surface area contributed by atoms with E-state index in [2.05, 4.69) is 0 Å². The number of amides is 2. The third-order valence-electron chi connectivity index (χ3n) is 2.78. The Hall–Kier alpha value is -2.04. The van der Waals surface area contributed by atoms with E-state index in [9.17, 15) is 9.59 Å². The molecule has 1 aromatic carbocycles. The maximum absolute atomic E-state index is 11.6. The second-order valence-corrected chi connectivity index (χ2v) is 4.05. The van der Waals surface area contributed by atoms with Crippen LogP contribution in [0.1, 0.15) is 16.8 Å². The first-order valence-electron chi connectivity index (χ1n) is 5.39. The van der Waals surface area contributed by atoms with Gasteiger partial charge in [-0.1, -0.05) is 6.07 Å². The quantitative estimate of drug-likeness (QED) is 0.822. The molecule has 17 heavy (non-hydrogen) atoms. The summed E-state index contributed by atoms with van der Waals surface area (Å²) in [7, 11) is 1.74. The number of nitrogens with zero attached hydrogens (tertiary/aromatic N) is 1. The van der Waals surface area contributed by atoms with E-state index in [4.69, 9.17) is 10.5 Å². The maximum Gasteiger partial charge on any atom is 0.263 e. The van der Waals surface area contributed by atoms with Crippen LogP contribution in [0.25, 0.3) is 0 Å². The van der Waals surface area contributed by atoms with Gasteiger partial charge in [0.05, 0.1) is 0 Å². The summed E-state index contributed by atoms with van der Waals surface area (Å²) in [5.41, 5.74) is 5.55. The van der Waals surface area contributed by atoms with Crippen LogP contribution in [0.3, 0.4) is 0 Å². The van der Waals surface area contributed by atoms with Crippen LogP contribution >= 0.6 is 0 Å². The van der Waals surface area contributed by atoms with Crippen LogP contribution in [0.4, 0.5) is 0 Å². The molecule has 0 aromatic heterocycles. The van der Waals surface area contributed by atoms with Gasteiger partial charge in [-0.05, 0) is 18.2 Å². The number of hydrogen-bond acceptors (Lipinski definition) is 3. The van der Waals surface area contributed by atoms with Gasteiger partial charge >= 0.3 is 0 Å². The summed E-state index contributed by atoms with van der Waals surface area (Å²) < 4.78 is 5.55. The zero-order valence-corrected chi connectivity index (χ0v) is 9.55. The van der Waals surface area contributed by atoms with Gasteiger partial charge in [0.15, 0.2) is 6.10 Å². The van der Waals surface area contributed by atoms with Gasteiger partial charge in [0.25, 0.3) is 5.91 Å². The van der Waals surface area contributed by atoms with Crippen molar-refractivity contribution in [3.63, 3.8) is 0 Å². The summed E-state index contributed by atoms with van der Waals surface area (Å²) in [6.07, 6.45) is 0.207. The number of nitrogens with two attached hydrogens (primary N) is 1. The van der Waals surface area contributed by atoms with Gasteiger partial charge in [-0.3, -0.25) is 9.59 Å². The lowest BCUT2D eigenvalue weighted by molar-refractivity contribution is -0.132. The Labute approximate surface area is 99.2 Å². The number of likely N-dealkylation sites (tertiary alicyclic amines) is 1. The molecule has 2 rings (SSSR count). The molecule has 1 aromatic rings. The van der Waals surface area contributed by atoms with Crippen molar-refractivity contribution >= 4 is 11.8 Å². The number of benzene rings is 1. The molecular formula is C12H14N2O3. The zero-order valence-electron chi connectivity index (χ0n) is 9.55. The minimum atomic E-state index is -0.509. The van der Waals surface area contributed by atoms with Gasteiger partial charge in [0, 0.05) is 25.6 Å². The normalized spacial score (nSPS) is 19.5. The number of carbonyl (C=O) groups excluding carboxylic acids is 2. The van der Waals surface area contributed by atoms with E-state index >= 15 is 0 Å². The average molecular weight is 234 g/mol. The molecule has 2 N–H and O–H groups in total. The molecular weight excluding hydrogens is 220 g/mol. The topological polar surface area (TPSA) is 72.6 Å². The predicted molar refractivity (Wildman–Crippen MR) is 61.6 cm³/mol. The van der Waals surface area contributed by atoms with Crippen molar-refractivity contribution in [3.05, 3.63) is 29.8 Å². The molecule has 5 heteroatoms. The minimum absolute atomic E-state index is 0.0329. The molecule has 0 radical (unpaired) electrons. The Bertz CT molecular complexity index is 459. The van der Waals surface area contributed by atoms with Crippen LogP contribution in [0.2, 0.25) is 0 Å². The molecule has 1 heterocycles. The van der Waals surface area contributed by atoms with Gasteiger partial charge in [-0.25, -0.2) is 0 Å². The van der Waals surface area contributed by atoms with Gasteiger partial charge < -0.3 is 15.4 Å². The maximum atomic E-state index is 11.6. The molecule has 1 aliphatic heterocycles. The number of carbonyl (C=O) groups is 2. The lowest BCUT2D eigenvalue weighted by Gasteiger charge is -2.13. The number of hydrogen-bond donors (Lipinski definition) is 1. The average Bonchev–Trinajstić information content (AvgIpc) is 2.61. The SMILES string of the molecule is CN1CCC(Oc2cccc(C(N)=O)c2)C1=O. The molecule has 0 saturated carbocycles. The van der Waals surface area contributed by atoms with Crippen molar-refractivity contribution < 1.29 is 14.3 Å². The van der Waals surface area contributed by atoms with Crippen LogP contribution in [-0.4, -0.2) is 36.4 Å². The van der Waals surface area contributed by atoms with Crippen molar-refractivity contribution in [3.8, 4) is 5.75 Å². The number of primary amides is 1. The fourth-order valence-corrected chi connectivity index (χ4v) is 1.79. The van der Waals surface area contributed by atoms with E-state index < -0.39 is 12.0 Å². The molecule has 1 aliphatic rings. The van der Waals surface area contributed by atoms with Crippen molar-refractivity contribution in [2.75, 3.05) is 13.6 Å². The van der Waals surface area contributed by atoms with Crippen LogP contribution in [0, 0.1) is 0 Å². The summed E-state index contributed by atoms with van der Waals surface area (Å²) in [6.45, 7) is 0.693. The van der Waals surface area contributed by atoms with Gasteiger partial charge in [0.1, 0.15) is 5.75 Å². The third kappa shape index (κ3) is 2.38. The van der Waals surface area contributed by atoms with E-state index in [-0.39, 0.29) is 5.91 Å². The first-order chi connectivity index (χ1) is 8.08. The molecule has 1 unspecified atom stereocenters. The first kappa shape index (κ1) is 11.4. The largest absolute Gasteiger partial charge is 0.481 e. The van der Waals surface area contributed by atoms with Crippen LogP contribution in [0.5, 0.6) is 5.75 Å². The Morgan fingerprint density at radius 3 is 2.88 bits per heavy atom. The summed E-state index contributed by atoms with van der Waals surface area (Å²) in [5, 5.41) is 0. The highest BCUT2D eigenvalue weighted by Crippen LogP contribution is 2.19. The monoisotopic (exact) mass is 234 g/mol. The molecule has 0 bridgehead atoms. The molecule has 1 saturated heterocycles. The van der Waals surface area contributed by atoms with Crippen molar-refractivity contribution in [2.24, 2.45) is 5.73 Å². The first-order valence-corrected chi connectivity index (χ1v) is 5.39. The summed E-state index contributed by atoms with van der Waals surface area (Å²) in [6, 6.07) is 6.54. The van der Waals surface area contributed by atoms with E-state index in [0.29, 0.717) is 24.3 Å². The standard InChI is InChI=1S/C12H14N2O3/c1-14-6-5-10(12(14)16)17-9-4-2-3-8(7-9)11(13)15/h2-4,7,10H,5-6H2,1H3,(H2,13,15). The second kappa shape index (κ2) is 4.45. The summed E-state index contributed by atoms with van der Waals surface area (Å²) in [5.74, 6) is -0.0465. The minimum Gasteiger partial charge on any atom is -0.481 e. The van der Waals surface area contributed by atoms with Crippen molar-refractivity contribution in [1.29, 1.82) is 0 Å². The summed E-state index contributed by atoms with van der Waals surface area (Å²) in [4.78, 5) is 24.3. The lowest BCUT2D eigenvalue weighted by Crippen LogP contribution is -2.29. The number of ether oxygens (including phenoxy) is 1. The summed E-state index contributed by atoms with van der Waals surface area (Å²) >= 11 is 0. The third-order valence-corrected chi connectivity index (χ3v) is 2.78. The fraction of sp³-hybridized carbons (Fsp3) is 0.333. The Morgan fingerprint density at radius 2 is 2.29 bits per heavy atom. The Kier molecular flexibility index (Phi) is 2.99. The Morgan fingerprint density at radius 1 is 1.53 bits per heavy atom. The molecule has 0 aliphatic carbocycles. The highest BCUT2D eigenvalue weighted by atomic mass is 16.5. The molecule has 1 atom stereocenters. The van der Waals surface area contributed by atoms with E-state index in [1.807, 2.05) is 0 Å². The smallest absolute Gasteiger partial charge is 0.263 e. The predicted octanol–water partition coefficient (Wildman–Crippen LogP) is 0.395. The number of rotatable bonds is 3. The number of likely N-dealkylation sites (N-methyl/N-ethyl adjacent to an activating group) is 1. The van der Waals surface area contributed by atoms with Crippen molar-refractivity contribution in [2.45, 2.75) is 12.5 Å². The lowest BCUT2D eigenvalue weighted by atomic mass is 10.2. The molecule has 2 amide bonds. The highest BCUT2D eigenvalue weighted by Gasteiger charge is 2.30. The van der Waals surface area contributed by atoms with Crippen LogP contribution in [-0.2, 0) is 4.79 Å². The fourth-order valence-electron chi connectivity index (χ4n) is 1.79. The van der Waals surface area contributed by atoms with Gasteiger partial charge in [-0.15, -0.1) is 0 Å². The van der Waals surface area contributed by atoms with Gasteiger partial charge in [-0.2, -0.15) is 0 Å². The Balaban J connectivity index is 2.11. The van der Waals surface area contributed by atoms with E-state index in [0.717, 1.165) is 0 Å². The van der Waals surface area contributed by atoms with E-state index in [1.54, 1.807) is 36.2 Å². The van der Waals surface area contributed by atoms with Gasteiger partial charge in [0.2, 0.25) is 5.91 Å². The second-order valence-electron chi connectivity index (χ2n) is 4.05. The van der Waals surface area contributed by atoms with Crippen LogP contribution < -0.4 is 10.5 Å². The molecule has 90 valence electrons. The molecule has 0 spiro atoms. The van der Waals surface area contributed by atoms with E-state index in [1.165, 1.54) is 0 Å². The van der Waals surface area contributed by atoms with Crippen molar-refractivity contribution in [1.82, 2.24) is 4.90 Å². The zero-order chi connectivity index (χ0) is 12.4. The van der Waals surface area contributed by atoms with Crippen LogP contribution in [0.15, 0.2) is 24.3 Å². The molecule has 5 nitrogen and oxygen atoms in total.